The zero-order chi connectivity index (χ0) is 32.0. The van der Waals surface area contributed by atoms with Gasteiger partial charge in [0.1, 0.15) is 11.2 Å². The van der Waals surface area contributed by atoms with Crippen LogP contribution in [0.2, 0.25) is 5.28 Å². The molecule has 14 nitrogen and oxygen atoms in total. The summed E-state index contributed by atoms with van der Waals surface area (Å²) in [4.78, 5) is 44.8. The maximum atomic E-state index is 12.0. The highest BCUT2D eigenvalue weighted by atomic mass is 35.5. The SMILES string of the molecule is CC(C)(C)OC(=O)N1CCNCC1.COc1cnc(Cl)nc1.COc1cnc(N2CCN(C(=O)OC(C)(C)C)CC2)nc1. The van der Waals surface area contributed by atoms with Crippen molar-refractivity contribution in [2.45, 2.75) is 52.7 Å². The Kier molecular flexibility index (Phi) is 13.9. The highest BCUT2D eigenvalue weighted by Gasteiger charge is 2.27. The molecular formula is C28H45ClN8O6. The largest absolute Gasteiger partial charge is 0.494 e. The van der Waals surface area contributed by atoms with Crippen molar-refractivity contribution in [3.8, 4) is 11.5 Å². The van der Waals surface area contributed by atoms with Crippen molar-refractivity contribution in [1.82, 2.24) is 35.1 Å². The number of carbonyl (C=O) groups excluding carboxylic acids is 2. The van der Waals surface area contributed by atoms with Gasteiger partial charge in [0, 0.05) is 52.4 Å². The fourth-order valence-corrected chi connectivity index (χ4v) is 3.67. The van der Waals surface area contributed by atoms with Crippen molar-refractivity contribution in [2.75, 3.05) is 71.5 Å². The number of piperazine rings is 2. The number of ether oxygens (including phenoxy) is 4. The van der Waals surface area contributed by atoms with E-state index in [1.165, 1.54) is 12.4 Å². The minimum Gasteiger partial charge on any atom is -0.494 e. The van der Waals surface area contributed by atoms with Gasteiger partial charge in [-0.05, 0) is 53.1 Å². The normalized spacial score (nSPS) is 15.2. The summed E-state index contributed by atoms with van der Waals surface area (Å²) in [5, 5.41) is 3.42. The van der Waals surface area contributed by atoms with E-state index in [1.807, 2.05) is 46.4 Å². The fraction of sp³-hybridized carbons (Fsp3) is 0.643. The minimum atomic E-state index is -0.465. The summed E-state index contributed by atoms with van der Waals surface area (Å²) in [6, 6.07) is 0. The number of hydrogen-bond acceptors (Lipinski definition) is 12. The van der Waals surface area contributed by atoms with Gasteiger partial charge < -0.3 is 39.0 Å². The number of nitrogens with one attached hydrogen (secondary N) is 1. The quantitative estimate of drug-likeness (QED) is 0.499. The minimum absolute atomic E-state index is 0.200. The second kappa shape index (κ2) is 16.8. The lowest BCUT2D eigenvalue weighted by molar-refractivity contribution is 0.0223. The molecule has 0 aliphatic carbocycles. The highest BCUT2D eigenvalue weighted by molar-refractivity contribution is 6.28. The lowest BCUT2D eigenvalue weighted by Crippen LogP contribution is -2.50. The molecule has 2 aromatic heterocycles. The van der Waals surface area contributed by atoms with E-state index >= 15 is 0 Å². The number of rotatable bonds is 3. The molecule has 0 saturated carbocycles. The standard InChI is InChI=1S/C14H22N4O3.C9H18N2O2.C5H5ClN2O/c1-14(2,3)21-13(19)18-7-5-17(6-8-18)12-15-9-11(20-4)10-16-12;1-9(2,3)13-8(12)11-6-4-10-5-7-11;1-9-4-2-7-5(6)8-3-4/h9-10H,5-8H2,1-4H3;10H,4-7H2,1-3H3;2-3H,1H3. The third-order valence-corrected chi connectivity index (χ3v) is 5.86. The third kappa shape index (κ3) is 13.9. The van der Waals surface area contributed by atoms with E-state index in [4.69, 9.17) is 30.5 Å². The predicted octanol–water partition coefficient (Wildman–Crippen LogP) is 3.51. The van der Waals surface area contributed by atoms with Gasteiger partial charge in [0.05, 0.1) is 39.0 Å². The van der Waals surface area contributed by atoms with Gasteiger partial charge in [-0.3, -0.25) is 0 Å². The van der Waals surface area contributed by atoms with Gasteiger partial charge in [-0.1, -0.05) is 0 Å². The van der Waals surface area contributed by atoms with E-state index in [1.54, 1.807) is 36.4 Å². The van der Waals surface area contributed by atoms with Crippen LogP contribution in [0.4, 0.5) is 15.5 Å². The molecule has 1 N–H and O–H groups in total. The van der Waals surface area contributed by atoms with Gasteiger partial charge >= 0.3 is 12.2 Å². The van der Waals surface area contributed by atoms with Crippen LogP contribution in [-0.2, 0) is 9.47 Å². The number of carbonyl (C=O) groups is 2. The van der Waals surface area contributed by atoms with E-state index in [0.29, 0.717) is 43.6 Å². The van der Waals surface area contributed by atoms with Gasteiger partial charge in [0.15, 0.2) is 11.5 Å². The molecular weight excluding hydrogens is 580 g/mol. The number of anilines is 1. The Bertz CT molecular complexity index is 1110. The number of nitrogens with zero attached hydrogens (tertiary/aromatic N) is 7. The van der Waals surface area contributed by atoms with Crippen LogP contribution in [0.5, 0.6) is 11.5 Å². The smallest absolute Gasteiger partial charge is 0.410 e. The van der Waals surface area contributed by atoms with Crippen molar-refractivity contribution < 1.29 is 28.5 Å². The second-order valence-corrected chi connectivity index (χ2v) is 11.8. The van der Waals surface area contributed by atoms with Crippen LogP contribution in [-0.4, -0.2) is 120 Å². The van der Waals surface area contributed by atoms with Gasteiger partial charge in [-0.2, -0.15) is 0 Å². The average molecular weight is 625 g/mol. The molecule has 2 aromatic rings. The molecule has 0 unspecified atom stereocenters. The van der Waals surface area contributed by atoms with E-state index < -0.39 is 5.60 Å². The molecule has 2 saturated heterocycles. The maximum absolute atomic E-state index is 12.0. The first kappa shape index (κ1) is 35.5. The summed E-state index contributed by atoms with van der Waals surface area (Å²) in [5.74, 6) is 1.89. The fourth-order valence-electron chi connectivity index (χ4n) is 3.57. The Labute approximate surface area is 259 Å². The number of methoxy groups -OCH3 is 2. The lowest BCUT2D eigenvalue weighted by atomic mass is 10.2. The van der Waals surface area contributed by atoms with E-state index in [9.17, 15) is 9.59 Å². The van der Waals surface area contributed by atoms with Crippen molar-refractivity contribution in [3.05, 3.63) is 30.1 Å². The predicted molar refractivity (Wildman–Crippen MR) is 163 cm³/mol. The molecule has 2 aliphatic rings. The van der Waals surface area contributed by atoms with Crippen LogP contribution in [0.15, 0.2) is 24.8 Å². The first-order valence-electron chi connectivity index (χ1n) is 14.0. The number of hydrogen-bond donors (Lipinski definition) is 1. The molecule has 43 heavy (non-hydrogen) atoms. The van der Waals surface area contributed by atoms with Gasteiger partial charge in [0.25, 0.3) is 0 Å². The summed E-state index contributed by atoms with van der Waals surface area (Å²) >= 11 is 5.39. The van der Waals surface area contributed by atoms with Crippen LogP contribution < -0.4 is 19.7 Å². The third-order valence-electron chi connectivity index (χ3n) is 5.67. The molecule has 4 heterocycles. The van der Waals surface area contributed by atoms with Crippen LogP contribution in [0.3, 0.4) is 0 Å². The van der Waals surface area contributed by atoms with Gasteiger partial charge in [-0.25, -0.2) is 29.5 Å². The first-order valence-corrected chi connectivity index (χ1v) is 14.4. The molecule has 0 bridgehead atoms. The van der Waals surface area contributed by atoms with Crippen molar-refractivity contribution in [1.29, 1.82) is 0 Å². The molecule has 0 atom stereocenters. The Morgan fingerprint density at radius 3 is 1.49 bits per heavy atom. The van der Waals surface area contributed by atoms with Crippen LogP contribution >= 0.6 is 11.6 Å². The summed E-state index contributed by atoms with van der Waals surface area (Å²) in [7, 11) is 3.13. The van der Waals surface area contributed by atoms with Crippen molar-refractivity contribution >= 4 is 29.7 Å². The summed E-state index contributed by atoms with van der Waals surface area (Å²) < 4.78 is 20.4. The lowest BCUT2D eigenvalue weighted by Gasteiger charge is -2.35. The Morgan fingerprint density at radius 2 is 1.09 bits per heavy atom. The number of halogens is 1. The molecule has 4 rings (SSSR count). The second-order valence-electron chi connectivity index (χ2n) is 11.5. The maximum Gasteiger partial charge on any atom is 0.410 e. The Balaban J connectivity index is 0.000000249. The summed E-state index contributed by atoms with van der Waals surface area (Å²) in [5.41, 5.74) is -0.852. The molecule has 0 spiro atoms. The van der Waals surface area contributed by atoms with Crippen LogP contribution in [0.25, 0.3) is 0 Å². The molecule has 2 amide bonds. The molecule has 0 radical (unpaired) electrons. The zero-order valence-corrected chi connectivity index (χ0v) is 27.2. The van der Waals surface area contributed by atoms with Crippen molar-refractivity contribution in [3.63, 3.8) is 0 Å². The Hall–Kier alpha value is -3.65. The average Bonchev–Trinajstić information content (AvgIpc) is 2.97. The van der Waals surface area contributed by atoms with Gasteiger partial charge in [-0.15, -0.1) is 0 Å². The first-order chi connectivity index (χ1) is 20.2. The van der Waals surface area contributed by atoms with E-state index in [2.05, 4.69) is 25.3 Å². The van der Waals surface area contributed by atoms with Gasteiger partial charge in [0.2, 0.25) is 11.2 Å². The van der Waals surface area contributed by atoms with Crippen molar-refractivity contribution in [2.24, 2.45) is 0 Å². The van der Waals surface area contributed by atoms with Crippen LogP contribution in [0, 0.1) is 0 Å². The topological polar surface area (TPSA) is 144 Å². The van der Waals surface area contributed by atoms with E-state index in [-0.39, 0.29) is 23.1 Å². The molecule has 15 heteroatoms. The molecule has 2 aliphatic heterocycles. The number of amides is 2. The molecule has 0 aromatic carbocycles. The van der Waals surface area contributed by atoms with E-state index in [0.717, 1.165) is 26.2 Å². The summed E-state index contributed by atoms with van der Waals surface area (Å²) in [6.45, 7) is 17.0. The monoisotopic (exact) mass is 624 g/mol. The van der Waals surface area contributed by atoms with Crippen LogP contribution in [0.1, 0.15) is 41.5 Å². The molecule has 2 fully saturated rings. The Morgan fingerprint density at radius 1 is 0.698 bits per heavy atom. The zero-order valence-electron chi connectivity index (χ0n) is 26.4. The highest BCUT2D eigenvalue weighted by Crippen LogP contribution is 2.16. The molecule has 240 valence electrons. The summed E-state index contributed by atoms with van der Waals surface area (Å²) in [6.07, 6.45) is 5.84. The number of aromatic nitrogens is 4.